The largest absolute Gasteiger partial charge is 0.441 e. The minimum absolute atomic E-state index is 0.226. The second kappa shape index (κ2) is 6.88. The minimum atomic E-state index is -0.502. The number of carbonyl (C=O) groups is 2. The lowest BCUT2D eigenvalue weighted by atomic mass is 10.1. The second-order valence-electron chi connectivity index (χ2n) is 5.24. The van der Waals surface area contributed by atoms with Crippen molar-refractivity contribution in [1.29, 1.82) is 0 Å². The summed E-state index contributed by atoms with van der Waals surface area (Å²) in [5.41, 5.74) is 0.226. The predicted octanol–water partition coefficient (Wildman–Crippen LogP) is -0.513. The zero-order chi connectivity index (χ0) is 16.2. The fraction of sp³-hybridized carbons (Fsp3) is 0.571. The van der Waals surface area contributed by atoms with Crippen LogP contribution in [0.2, 0.25) is 0 Å². The molecule has 124 valence electrons. The van der Waals surface area contributed by atoms with Crippen LogP contribution >= 0.6 is 0 Å². The van der Waals surface area contributed by atoms with Gasteiger partial charge in [0.15, 0.2) is 6.10 Å². The summed E-state index contributed by atoms with van der Waals surface area (Å²) in [4.78, 5) is 31.4. The van der Waals surface area contributed by atoms with Crippen LogP contribution in [0.25, 0.3) is 0 Å². The van der Waals surface area contributed by atoms with Gasteiger partial charge in [-0.25, -0.2) is 9.78 Å². The average Bonchev–Trinajstić information content (AvgIpc) is 3.12. The van der Waals surface area contributed by atoms with Crippen LogP contribution in [0.4, 0.5) is 4.79 Å². The molecule has 4 atom stereocenters. The number of rotatable bonds is 4. The summed E-state index contributed by atoms with van der Waals surface area (Å²) in [6.07, 6.45) is 2.61. The zero-order valence-electron chi connectivity index (χ0n) is 12.6. The predicted molar refractivity (Wildman–Crippen MR) is 76.7 cm³/mol. The summed E-state index contributed by atoms with van der Waals surface area (Å²) in [6, 6.07) is -0.322. The maximum Gasteiger partial charge on any atom is 0.407 e. The maximum absolute atomic E-state index is 12.1. The first-order chi connectivity index (χ1) is 11.2. The van der Waals surface area contributed by atoms with E-state index in [-0.39, 0.29) is 43.1 Å². The van der Waals surface area contributed by atoms with Gasteiger partial charge in [-0.2, -0.15) is 0 Å². The van der Waals surface area contributed by atoms with Crippen molar-refractivity contribution in [2.75, 3.05) is 19.8 Å². The van der Waals surface area contributed by atoms with Crippen molar-refractivity contribution in [2.45, 2.75) is 31.3 Å². The Bertz CT molecular complexity index is 570. The molecule has 0 radical (unpaired) electrons. The van der Waals surface area contributed by atoms with E-state index in [2.05, 4.69) is 20.6 Å². The average molecular weight is 322 g/mol. The van der Waals surface area contributed by atoms with Crippen molar-refractivity contribution < 1.29 is 23.8 Å². The third-order valence-corrected chi connectivity index (χ3v) is 3.70. The van der Waals surface area contributed by atoms with E-state index >= 15 is 0 Å². The van der Waals surface area contributed by atoms with Gasteiger partial charge in [0.05, 0.1) is 25.5 Å². The van der Waals surface area contributed by atoms with E-state index in [1.54, 1.807) is 6.92 Å². The molecule has 2 fully saturated rings. The highest BCUT2D eigenvalue weighted by Gasteiger charge is 2.50. The molecular formula is C14H18N4O5. The molecule has 3 heterocycles. The third-order valence-electron chi connectivity index (χ3n) is 3.70. The van der Waals surface area contributed by atoms with Gasteiger partial charge >= 0.3 is 6.09 Å². The maximum atomic E-state index is 12.1. The summed E-state index contributed by atoms with van der Waals surface area (Å²) in [6.45, 7) is 2.82. The molecule has 0 aliphatic carbocycles. The van der Waals surface area contributed by atoms with Crippen LogP contribution in [-0.4, -0.2) is 66.1 Å². The number of nitrogens with one attached hydrogen (secondary N) is 2. The molecule has 9 heteroatoms. The van der Waals surface area contributed by atoms with Crippen LogP contribution < -0.4 is 10.6 Å². The van der Waals surface area contributed by atoms with E-state index in [1.165, 1.54) is 18.6 Å². The summed E-state index contributed by atoms with van der Waals surface area (Å²) < 4.78 is 16.5. The highest BCUT2D eigenvalue weighted by molar-refractivity contribution is 5.92. The molecule has 0 saturated carbocycles. The third kappa shape index (κ3) is 3.40. The van der Waals surface area contributed by atoms with Gasteiger partial charge < -0.3 is 24.8 Å². The zero-order valence-corrected chi connectivity index (χ0v) is 12.6. The molecule has 2 saturated heterocycles. The lowest BCUT2D eigenvalue weighted by molar-refractivity contribution is 0.00408. The van der Waals surface area contributed by atoms with Crippen LogP contribution in [0, 0.1) is 0 Å². The van der Waals surface area contributed by atoms with Crippen molar-refractivity contribution in [3.63, 3.8) is 0 Å². The quantitative estimate of drug-likeness (QED) is 0.767. The Kier molecular flexibility index (Phi) is 4.68. The Morgan fingerprint density at radius 3 is 2.87 bits per heavy atom. The van der Waals surface area contributed by atoms with Crippen molar-refractivity contribution in [3.05, 3.63) is 24.3 Å². The number of ether oxygens (including phenoxy) is 3. The summed E-state index contributed by atoms with van der Waals surface area (Å²) in [5.74, 6) is -0.343. The summed E-state index contributed by atoms with van der Waals surface area (Å²) in [7, 11) is 0. The molecule has 23 heavy (non-hydrogen) atoms. The molecule has 0 bridgehead atoms. The molecule has 0 unspecified atom stereocenters. The highest BCUT2D eigenvalue weighted by atomic mass is 16.6. The first-order valence-electron chi connectivity index (χ1n) is 7.43. The number of hydrogen-bond donors (Lipinski definition) is 2. The molecule has 2 amide bonds. The molecular weight excluding hydrogens is 304 g/mol. The summed E-state index contributed by atoms with van der Waals surface area (Å²) >= 11 is 0. The Balaban J connectivity index is 1.57. The van der Waals surface area contributed by atoms with Crippen LogP contribution in [0.15, 0.2) is 18.6 Å². The SMILES string of the molecule is CCNC(=O)O[C@@H]1CO[C@H]2[C@@H]1OC[C@@H]2NC(=O)c1cnccn1. The van der Waals surface area contributed by atoms with E-state index in [1.807, 2.05) is 0 Å². The standard InChI is InChI=1S/C14H18N4O5/c1-2-16-14(20)23-10-7-22-11-9(6-21-12(10)11)18-13(19)8-5-15-3-4-17-8/h3-5,9-12H,2,6-7H2,1H3,(H,16,20)(H,18,19)/t9-,10+,11+,12+/m0/s1. The minimum Gasteiger partial charge on any atom is -0.441 e. The lowest BCUT2D eigenvalue weighted by Gasteiger charge is -2.17. The molecule has 2 aliphatic rings. The normalized spacial score (nSPS) is 28.9. The number of carbonyl (C=O) groups excluding carboxylic acids is 2. The second-order valence-corrected chi connectivity index (χ2v) is 5.24. The Hall–Kier alpha value is -2.26. The first-order valence-corrected chi connectivity index (χ1v) is 7.43. The number of amides is 2. The number of hydrogen-bond acceptors (Lipinski definition) is 7. The van der Waals surface area contributed by atoms with E-state index in [0.717, 1.165) is 0 Å². The van der Waals surface area contributed by atoms with Gasteiger partial charge in [0, 0.05) is 18.9 Å². The topological polar surface area (TPSA) is 112 Å². The van der Waals surface area contributed by atoms with Gasteiger partial charge in [-0.15, -0.1) is 0 Å². The van der Waals surface area contributed by atoms with E-state index < -0.39 is 12.2 Å². The van der Waals surface area contributed by atoms with E-state index in [9.17, 15) is 9.59 Å². The van der Waals surface area contributed by atoms with Gasteiger partial charge in [-0.1, -0.05) is 0 Å². The number of aromatic nitrogens is 2. The van der Waals surface area contributed by atoms with Crippen molar-refractivity contribution >= 4 is 12.0 Å². The Morgan fingerprint density at radius 1 is 1.30 bits per heavy atom. The fourth-order valence-corrected chi connectivity index (χ4v) is 2.67. The monoisotopic (exact) mass is 322 g/mol. The van der Waals surface area contributed by atoms with Crippen molar-refractivity contribution in [3.8, 4) is 0 Å². The fourth-order valence-electron chi connectivity index (χ4n) is 2.67. The molecule has 1 aromatic heterocycles. The van der Waals surface area contributed by atoms with Crippen LogP contribution in [0.5, 0.6) is 0 Å². The molecule has 2 aliphatic heterocycles. The number of fused-ring (bicyclic) bond motifs is 1. The van der Waals surface area contributed by atoms with Crippen molar-refractivity contribution in [1.82, 2.24) is 20.6 Å². The van der Waals surface area contributed by atoms with Crippen LogP contribution in [0.1, 0.15) is 17.4 Å². The van der Waals surface area contributed by atoms with E-state index in [0.29, 0.717) is 6.54 Å². The molecule has 9 nitrogen and oxygen atoms in total. The van der Waals surface area contributed by atoms with Crippen molar-refractivity contribution in [2.24, 2.45) is 0 Å². The van der Waals surface area contributed by atoms with Gasteiger partial charge in [0.2, 0.25) is 0 Å². The number of alkyl carbamates (subject to hydrolysis) is 1. The lowest BCUT2D eigenvalue weighted by Crippen LogP contribution is -2.45. The molecule has 2 N–H and O–H groups in total. The number of nitrogens with zero attached hydrogens (tertiary/aromatic N) is 2. The van der Waals surface area contributed by atoms with E-state index in [4.69, 9.17) is 14.2 Å². The Labute approximate surface area is 132 Å². The van der Waals surface area contributed by atoms with Crippen LogP contribution in [-0.2, 0) is 14.2 Å². The molecule has 1 aromatic rings. The first kappa shape index (κ1) is 15.6. The van der Waals surface area contributed by atoms with Gasteiger partial charge in [0.1, 0.15) is 17.9 Å². The molecule has 0 aromatic carbocycles. The molecule has 3 rings (SSSR count). The van der Waals surface area contributed by atoms with Gasteiger partial charge in [0.25, 0.3) is 5.91 Å². The van der Waals surface area contributed by atoms with Gasteiger partial charge in [-0.3, -0.25) is 9.78 Å². The van der Waals surface area contributed by atoms with Gasteiger partial charge in [-0.05, 0) is 6.92 Å². The Morgan fingerprint density at radius 2 is 2.13 bits per heavy atom. The molecule has 0 spiro atoms. The highest BCUT2D eigenvalue weighted by Crippen LogP contribution is 2.29. The summed E-state index contributed by atoms with van der Waals surface area (Å²) in [5, 5.41) is 5.38. The smallest absolute Gasteiger partial charge is 0.407 e. The van der Waals surface area contributed by atoms with Crippen LogP contribution in [0.3, 0.4) is 0 Å².